The molecule has 0 aliphatic heterocycles. The van der Waals surface area contributed by atoms with Crippen LogP contribution in [0.5, 0.6) is 5.75 Å². The van der Waals surface area contributed by atoms with Gasteiger partial charge in [0.1, 0.15) is 0 Å². The van der Waals surface area contributed by atoms with Crippen molar-refractivity contribution in [2.75, 3.05) is 0 Å². The molecule has 4 nitrogen and oxygen atoms in total. The number of nitrogens with zero attached hydrogens (tertiary/aromatic N) is 3. The summed E-state index contributed by atoms with van der Waals surface area (Å²) in [4.78, 5) is 9.28. The van der Waals surface area contributed by atoms with Gasteiger partial charge in [0.05, 0.1) is 16.7 Å². The molecular weight excluding hydrogens is 509 g/mol. The Balaban J connectivity index is 0.000000373. The first-order chi connectivity index (χ1) is 15.6. The van der Waals surface area contributed by atoms with Crippen molar-refractivity contribution in [2.45, 2.75) is 65.5 Å². The van der Waals surface area contributed by atoms with E-state index >= 15 is 0 Å². The maximum absolute atomic E-state index is 12.4. The average molecular weight is 546 g/mol. The molecule has 0 radical (unpaired) electrons. The third-order valence-corrected chi connectivity index (χ3v) is 10.6. The molecule has 0 fully saturated rings. The Morgan fingerprint density at radius 1 is 0.771 bits per heavy atom. The number of benzene rings is 2. The molecule has 0 N–H and O–H groups in total. The van der Waals surface area contributed by atoms with Gasteiger partial charge in [0, 0.05) is 17.0 Å². The van der Waals surface area contributed by atoms with E-state index < -0.39 is 16.5 Å². The molecule has 0 atom stereocenters. The van der Waals surface area contributed by atoms with Gasteiger partial charge in [0.25, 0.3) is 0 Å². The topological polar surface area (TPSA) is 62.9 Å². The van der Waals surface area contributed by atoms with Gasteiger partial charge in [-0.25, -0.2) is 4.98 Å². The minimum Gasteiger partial charge on any atom is -0.872 e. The van der Waals surface area contributed by atoms with Crippen LogP contribution in [0.15, 0.2) is 60.8 Å². The monoisotopic (exact) mass is 545 g/mol. The van der Waals surface area contributed by atoms with Gasteiger partial charge in [-0.2, -0.15) is 0 Å². The number of hydrogen-bond donors (Lipinski definition) is 0. The summed E-state index contributed by atoms with van der Waals surface area (Å²) in [5, 5.41) is 14.5. The fourth-order valence-corrected chi connectivity index (χ4v) is 12.1. The molecule has 0 saturated heterocycles. The zero-order valence-electron chi connectivity index (χ0n) is 22.3. The summed E-state index contributed by atoms with van der Waals surface area (Å²) in [6.45, 7) is 20.2. The van der Waals surface area contributed by atoms with Crippen LogP contribution in [0.4, 0.5) is 0 Å². The van der Waals surface area contributed by atoms with E-state index in [1.807, 2.05) is 48.5 Å². The van der Waals surface area contributed by atoms with Crippen LogP contribution in [0.2, 0.25) is 39.3 Å². The first-order valence-corrected chi connectivity index (χ1v) is 18.7. The van der Waals surface area contributed by atoms with Crippen LogP contribution in [-0.2, 0) is 21.9 Å². The number of aromatic nitrogens is 2. The average Bonchev–Trinajstić information content (AvgIpc) is 2.70. The van der Waals surface area contributed by atoms with E-state index in [0.717, 1.165) is 27.4 Å². The third kappa shape index (κ3) is 7.97. The quantitative estimate of drug-likeness (QED) is 0.194. The van der Waals surface area contributed by atoms with Crippen LogP contribution in [0.3, 0.4) is 0 Å². The van der Waals surface area contributed by atoms with E-state index in [4.69, 9.17) is 9.63 Å². The van der Waals surface area contributed by atoms with Gasteiger partial charge in [-0.3, -0.25) is 4.98 Å². The predicted molar refractivity (Wildman–Crippen MR) is 151 cm³/mol. The van der Waals surface area contributed by atoms with E-state index in [1.165, 1.54) is 0 Å². The molecule has 0 unspecified atom stereocenters. The van der Waals surface area contributed by atoms with Crippen LogP contribution in [0, 0.1) is 0 Å². The van der Waals surface area contributed by atoms with Gasteiger partial charge in [-0.05, 0) is 34.7 Å². The van der Waals surface area contributed by atoms with Gasteiger partial charge in [0.2, 0.25) is 0 Å². The number of pyridine rings is 2. The molecule has 0 aliphatic rings. The van der Waals surface area contributed by atoms with E-state index in [1.54, 1.807) is 12.3 Å². The van der Waals surface area contributed by atoms with Crippen molar-refractivity contribution in [2.24, 2.45) is 0 Å². The minimum absolute atomic E-state index is 0. The van der Waals surface area contributed by atoms with Gasteiger partial charge in [0.15, 0.2) is 0 Å². The molecule has 4 rings (SSSR count). The minimum atomic E-state index is -1.11. The summed E-state index contributed by atoms with van der Waals surface area (Å²) in [6, 6.07) is 17.5. The summed E-state index contributed by atoms with van der Waals surface area (Å²) in [6.07, 6.45) is 1.77. The standard InChI is InChI=1S/C22H20N2O.C6H18NSi2.Ni/c1-22(2,3)16-9-11-19(25)17(13-16)18-10-8-15-7-6-14-5-4-12-23-20(14)21(15)24-18;1-8(2,3)7-9(4,5)6;/h4-13,25H,1-3H3;1-6H3;/q;-1;+2/p-1. The van der Waals surface area contributed by atoms with Gasteiger partial charge < -0.3 is 9.75 Å². The Bertz CT molecular complexity index is 1290. The molecule has 188 valence electrons. The smallest absolute Gasteiger partial charge is 0.872 e. The van der Waals surface area contributed by atoms with Crippen LogP contribution >= 0.6 is 0 Å². The van der Waals surface area contributed by atoms with Crippen molar-refractivity contribution < 1.29 is 21.6 Å². The third-order valence-electron chi connectivity index (χ3n) is 5.22. The Morgan fingerprint density at radius 2 is 1.34 bits per heavy atom. The van der Waals surface area contributed by atoms with E-state index in [0.29, 0.717) is 11.3 Å². The fourth-order valence-electron chi connectivity index (χ4n) is 4.08. The Morgan fingerprint density at radius 3 is 1.89 bits per heavy atom. The first-order valence-electron chi connectivity index (χ1n) is 11.8. The van der Waals surface area contributed by atoms with E-state index in [2.05, 4.69) is 65.0 Å². The summed E-state index contributed by atoms with van der Waals surface area (Å²) in [7, 11) is -2.21. The van der Waals surface area contributed by atoms with Crippen molar-refractivity contribution in [3.63, 3.8) is 0 Å². The Hall–Kier alpha value is -2.05. The van der Waals surface area contributed by atoms with Gasteiger partial charge in [-0.15, -0.1) is 0 Å². The molecular formula is C28H37N3NiOSi2. The molecule has 2 aromatic heterocycles. The van der Waals surface area contributed by atoms with Crippen molar-refractivity contribution >= 4 is 38.3 Å². The van der Waals surface area contributed by atoms with Crippen molar-refractivity contribution in [3.05, 3.63) is 71.0 Å². The Kier molecular flexibility index (Phi) is 9.10. The molecule has 0 amide bonds. The largest absolute Gasteiger partial charge is 2.00 e. The molecule has 4 aromatic rings. The maximum Gasteiger partial charge on any atom is 2.00 e. The van der Waals surface area contributed by atoms with E-state index in [9.17, 15) is 5.11 Å². The summed E-state index contributed by atoms with van der Waals surface area (Å²) < 4.78 is 4.82. The molecule has 0 saturated carbocycles. The number of fused-ring (bicyclic) bond motifs is 3. The summed E-state index contributed by atoms with van der Waals surface area (Å²) >= 11 is 0. The molecule has 0 aliphatic carbocycles. The molecule has 7 heteroatoms. The molecule has 0 bridgehead atoms. The zero-order chi connectivity index (χ0) is 25.3. The zero-order valence-corrected chi connectivity index (χ0v) is 25.3. The first kappa shape index (κ1) is 29.2. The summed E-state index contributed by atoms with van der Waals surface area (Å²) in [5.41, 5.74) is 4.13. The second-order valence-electron chi connectivity index (χ2n) is 11.8. The molecule has 0 spiro atoms. The molecule has 35 heavy (non-hydrogen) atoms. The van der Waals surface area contributed by atoms with Gasteiger partial charge >= 0.3 is 16.5 Å². The second kappa shape index (κ2) is 10.9. The van der Waals surface area contributed by atoms with Crippen molar-refractivity contribution in [1.82, 2.24) is 9.97 Å². The number of hydrogen-bond acceptors (Lipinski definition) is 3. The van der Waals surface area contributed by atoms with Crippen LogP contribution in [0.25, 0.3) is 37.7 Å². The van der Waals surface area contributed by atoms with Crippen molar-refractivity contribution in [3.8, 4) is 17.0 Å². The summed E-state index contributed by atoms with van der Waals surface area (Å²) in [5.74, 6) is -0.00644. The normalized spacial score (nSPS) is 12.1. The molecule has 2 heterocycles. The SMILES string of the molecule is CC(C)(C)c1ccc([O-])c(-c2ccc3ccc4cccnc4c3n2)c1.C[Si](C)(C)[N-][Si](C)(C)C.[Ni+2]. The van der Waals surface area contributed by atoms with E-state index in [-0.39, 0.29) is 27.7 Å². The maximum atomic E-state index is 12.4. The van der Waals surface area contributed by atoms with Crippen LogP contribution in [-0.4, -0.2) is 26.4 Å². The van der Waals surface area contributed by atoms with Crippen molar-refractivity contribution in [1.29, 1.82) is 0 Å². The molecule has 2 aromatic carbocycles. The second-order valence-corrected chi connectivity index (χ2v) is 21.4. The van der Waals surface area contributed by atoms with Gasteiger partial charge in [-0.1, -0.05) is 119 Å². The fraction of sp³-hybridized carbons (Fsp3) is 0.357. The predicted octanol–water partition coefficient (Wildman–Crippen LogP) is 7.85. The number of rotatable bonds is 3. The Labute approximate surface area is 222 Å². The van der Waals surface area contributed by atoms with Crippen LogP contribution < -0.4 is 5.11 Å². The van der Waals surface area contributed by atoms with Crippen LogP contribution in [0.1, 0.15) is 26.3 Å².